The first kappa shape index (κ1) is 41.0. The zero-order valence-electron chi connectivity index (χ0n) is 34.8. The number of primary amides is 1. The van der Waals surface area contributed by atoms with E-state index in [1.807, 2.05) is 15.9 Å². The van der Waals surface area contributed by atoms with Gasteiger partial charge in [-0.05, 0) is 79.5 Å². The van der Waals surface area contributed by atoms with Crippen LogP contribution in [0.2, 0.25) is 0 Å². The molecule has 17 nitrogen and oxygen atoms in total. The van der Waals surface area contributed by atoms with Crippen molar-refractivity contribution in [1.29, 1.82) is 0 Å². The van der Waals surface area contributed by atoms with E-state index in [-0.39, 0.29) is 47.3 Å². The molecule has 320 valence electrons. The van der Waals surface area contributed by atoms with E-state index in [0.29, 0.717) is 75.5 Å². The summed E-state index contributed by atoms with van der Waals surface area (Å²) in [4.78, 5) is 68.2. The van der Waals surface area contributed by atoms with E-state index in [1.54, 1.807) is 29.0 Å². The Morgan fingerprint density at radius 3 is 2.33 bits per heavy atom. The van der Waals surface area contributed by atoms with E-state index in [4.69, 9.17) is 5.73 Å². The minimum atomic E-state index is -0.802. The van der Waals surface area contributed by atoms with E-state index in [9.17, 15) is 19.2 Å². The zero-order valence-corrected chi connectivity index (χ0v) is 34.8. The number of likely N-dealkylation sites (N-methyl/N-ethyl adjacent to an activating group) is 1. The smallest absolute Gasteiger partial charge is 0.328 e. The normalized spacial score (nSPS) is 21.0. The molecular weight excluding hydrogens is 770 g/mol. The number of rotatable bonds is 11. The van der Waals surface area contributed by atoms with Crippen molar-refractivity contribution in [2.45, 2.75) is 57.9 Å². The Labute approximate surface area is 350 Å². The largest absolute Gasteiger partial charge is 0.372 e. The fraction of sp³-hybridized carbons (Fsp3) is 0.548. The quantitative estimate of drug-likeness (QED) is 0.255. The Morgan fingerprint density at radius 2 is 1.65 bits per heavy atom. The molecule has 8 rings (SSSR count). The molecule has 6 amide bonds. The van der Waals surface area contributed by atoms with Crippen LogP contribution in [0.4, 0.5) is 48.5 Å². The number of imide groups is 1. The van der Waals surface area contributed by atoms with Crippen molar-refractivity contribution >= 4 is 58.4 Å². The van der Waals surface area contributed by atoms with E-state index in [0.717, 1.165) is 75.3 Å². The van der Waals surface area contributed by atoms with E-state index >= 15 is 4.39 Å². The third-order valence-corrected chi connectivity index (χ3v) is 12.7. The van der Waals surface area contributed by atoms with Crippen LogP contribution in [0.15, 0.2) is 36.4 Å². The molecule has 3 aromatic rings. The lowest BCUT2D eigenvalue weighted by atomic mass is 9.94. The summed E-state index contributed by atoms with van der Waals surface area (Å²) >= 11 is 0. The molecule has 1 aromatic heterocycles. The summed E-state index contributed by atoms with van der Waals surface area (Å²) in [5.74, 6) is -0.224. The average molecular weight is 826 g/mol. The number of nitrogens with zero attached hydrogens (tertiary/aromatic N) is 10. The molecule has 60 heavy (non-hydrogen) atoms. The van der Waals surface area contributed by atoms with Gasteiger partial charge in [0.1, 0.15) is 5.82 Å². The Balaban J connectivity index is 0.837. The Bertz CT molecular complexity index is 2110. The molecule has 18 heteroatoms. The maximum absolute atomic E-state index is 15.8. The predicted octanol–water partition coefficient (Wildman–Crippen LogP) is 3.80. The molecule has 5 aliphatic heterocycles. The molecule has 5 fully saturated rings. The van der Waals surface area contributed by atoms with Crippen LogP contribution in [-0.2, 0) is 4.79 Å². The van der Waals surface area contributed by atoms with E-state index in [1.165, 1.54) is 6.07 Å². The Morgan fingerprint density at radius 1 is 0.883 bits per heavy atom. The predicted molar refractivity (Wildman–Crippen MR) is 228 cm³/mol. The molecule has 2 aromatic carbocycles. The first-order valence-electron chi connectivity index (χ1n) is 21.3. The lowest BCUT2D eigenvalue weighted by molar-refractivity contribution is -0.120. The van der Waals surface area contributed by atoms with Crippen molar-refractivity contribution in [3.63, 3.8) is 0 Å². The third-order valence-electron chi connectivity index (χ3n) is 12.7. The Hall–Kier alpha value is -5.78. The van der Waals surface area contributed by atoms with Gasteiger partial charge in [-0.2, -0.15) is 4.98 Å². The van der Waals surface area contributed by atoms with Crippen molar-refractivity contribution in [2.75, 3.05) is 111 Å². The number of anilines is 6. The maximum atomic E-state index is 15.8. The van der Waals surface area contributed by atoms with Crippen LogP contribution in [0, 0.1) is 11.7 Å². The van der Waals surface area contributed by atoms with Crippen LogP contribution in [0.25, 0.3) is 0 Å². The summed E-state index contributed by atoms with van der Waals surface area (Å²) in [6.45, 7) is 13.2. The number of hydrogen-bond acceptors (Lipinski definition) is 12. The van der Waals surface area contributed by atoms with Gasteiger partial charge in [0.2, 0.25) is 11.9 Å². The van der Waals surface area contributed by atoms with Crippen LogP contribution in [0.3, 0.4) is 0 Å². The molecule has 0 radical (unpaired) electrons. The van der Waals surface area contributed by atoms with Gasteiger partial charge in [0.25, 0.3) is 5.91 Å². The van der Waals surface area contributed by atoms with Gasteiger partial charge in [-0.3, -0.25) is 24.7 Å². The van der Waals surface area contributed by atoms with Gasteiger partial charge >= 0.3 is 12.1 Å². The number of nitrogens with one attached hydrogen (secondary N) is 2. The summed E-state index contributed by atoms with van der Waals surface area (Å²) in [5.41, 5.74) is 9.54. The number of amides is 6. The zero-order chi connectivity index (χ0) is 42.1. The molecule has 0 bridgehead atoms. The summed E-state index contributed by atoms with van der Waals surface area (Å²) in [6, 6.07) is 10.9. The van der Waals surface area contributed by atoms with Crippen molar-refractivity contribution < 1.29 is 23.6 Å². The van der Waals surface area contributed by atoms with Gasteiger partial charge in [0.05, 0.1) is 11.7 Å². The fourth-order valence-electron chi connectivity index (χ4n) is 9.23. The summed E-state index contributed by atoms with van der Waals surface area (Å²) in [6.07, 6.45) is 4.17. The lowest BCUT2D eigenvalue weighted by Gasteiger charge is -2.40. The highest BCUT2D eigenvalue weighted by atomic mass is 19.1. The van der Waals surface area contributed by atoms with Crippen molar-refractivity contribution in [3.05, 3.63) is 53.5 Å². The highest BCUT2D eigenvalue weighted by Gasteiger charge is 2.35. The second-order valence-corrected chi connectivity index (χ2v) is 17.0. The number of benzene rings is 2. The van der Waals surface area contributed by atoms with Gasteiger partial charge in [0.15, 0.2) is 11.5 Å². The summed E-state index contributed by atoms with van der Waals surface area (Å²) in [7, 11) is 1.80. The monoisotopic (exact) mass is 825 g/mol. The number of hydrogen-bond donors (Lipinski definition) is 3. The molecule has 5 saturated heterocycles. The van der Waals surface area contributed by atoms with Crippen LogP contribution in [0.1, 0.15) is 67.9 Å². The van der Waals surface area contributed by atoms with Crippen LogP contribution in [0.5, 0.6) is 0 Å². The summed E-state index contributed by atoms with van der Waals surface area (Å²) in [5, 5.41) is 13.8. The fourth-order valence-corrected chi connectivity index (χ4v) is 9.23. The van der Waals surface area contributed by atoms with Crippen molar-refractivity contribution in [1.82, 2.24) is 35.2 Å². The second kappa shape index (κ2) is 17.4. The Kier molecular flexibility index (Phi) is 11.9. The van der Waals surface area contributed by atoms with Gasteiger partial charge < -0.3 is 35.6 Å². The molecule has 0 aliphatic carbocycles. The van der Waals surface area contributed by atoms with Crippen LogP contribution in [-0.4, -0.2) is 145 Å². The number of aromatic nitrogens is 3. The standard InChI is InChI=1S/C42H56FN13O4/c1-27(2)32-24-30(7-9-34(32)56-16-12-36(57)46-41(56)59)52-14-10-28(11-15-52)25-51-18-20-53(21-19-51)35-8-6-29(23-33(35)43)45-39-37(38(44)58)48-49-40(47-39)54-13-4-5-31(26-54)55-22-17-50(3)42(55)60/h6-9,23-24,27-28,31H,4-5,10-22,25-26H2,1-3H3,(H2,44,58)(H,45,47,49)(H,46,57,59). The maximum Gasteiger partial charge on any atom is 0.328 e. The highest BCUT2D eigenvalue weighted by Crippen LogP contribution is 2.35. The molecule has 0 saturated carbocycles. The highest BCUT2D eigenvalue weighted by molar-refractivity contribution is 6.06. The van der Waals surface area contributed by atoms with Crippen LogP contribution < -0.4 is 36.0 Å². The molecule has 1 atom stereocenters. The number of carbonyl (C=O) groups is 4. The van der Waals surface area contributed by atoms with Gasteiger partial charge in [0, 0.05) is 109 Å². The molecule has 4 N–H and O–H groups in total. The molecule has 6 heterocycles. The topological polar surface area (TPSA) is 180 Å². The summed E-state index contributed by atoms with van der Waals surface area (Å²) < 4.78 is 15.8. The van der Waals surface area contributed by atoms with Gasteiger partial charge in [-0.15, -0.1) is 10.2 Å². The van der Waals surface area contributed by atoms with Crippen LogP contribution >= 0.6 is 0 Å². The number of urea groups is 2. The minimum absolute atomic E-state index is 0.0117. The van der Waals surface area contributed by atoms with Gasteiger partial charge in [-0.1, -0.05) is 13.8 Å². The van der Waals surface area contributed by atoms with Crippen molar-refractivity contribution in [2.24, 2.45) is 11.7 Å². The molecule has 1 unspecified atom stereocenters. The molecule has 0 spiro atoms. The number of halogens is 1. The number of carbonyl (C=O) groups excluding carboxylic acids is 4. The molecule has 5 aliphatic rings. The third kappa shape index (κ3) is 8.74. The average Bonchev–Trinajstić information content (AvgIpc) is 3.58. The lowest BCUT2D eigenvalue weighted by Crippen LogP contribution is -2.50. The minimum Gasteiger partial charge on any atom is -0.372 e. The number of piperidine rings is 2. The number of nitrogens with two attached hydrogens (primary N) is 1. The van der Waals surface area contributed by atoms with E-state index in [2.05, 4.69) is 66.5 Å². The van der Waals surface area contributed by atoms with Gasteiger partial charge in [-0.25, -0.2) is 14.0 Å². The van der Waals surface area contributed by atoms with E-state index < -0.39 is 5.91 Å². The molecular formula is C42H56FN13O4. The number of piperazine rings is 1. The second-order valence-electron chi connectivity index (χ2n) is 17.0. The SMILES string of the molecule is CC(C)c1cc(N2CCC(CN3CCN(c4ccc(Nc5nc(N6CCCC(N7CCN(C)C7=O)C6)nnc5C(N)=O)cc4F)CC3)CC2)ccc1N1CCC(=O)NC1=O. The first-order valence-corrected chi connectivity index (χ1v) is 21.3. The van der Waals surface area contributed by atoms with Crippen molar-refractivity contribution in [3.8, 4) is 0 Å². The first-order chi connectivity index (χ1) is 28.9.